The molecule has 0 aliphatic carbocycles. The second-order valence-corrected chi connectivity index (χ2v) is 8.79. The van der Waals surface area contributed by atoms with Crippen molar-refractivity contribution in [3.05, 3.63) is 120 Å². The molecule has 2 N–H and O–H groups in total. The molecule has 0 saturated carbocycles. The van der Waals surface area contributed by atoms with Gasteiger partial charge in [0, 0.05) is 6.20 Å². The van der Waals surface area contributed by atoms with Crippen LogP contribution < -0.4 is 5.32 Å². The summed E-state index contributed by atoms with van der Waals surface area (Å²) in [4.78, 5) is 38.6. The van der Waals surface area contributed by atoms with Gasteiger partial charge in [-0.1, -0.05) is 66.2 Å². The zero-order valence-corrected chi connectivity index (χ0v) is 21.3. The second kappa shape index (κ2) is 13.4. The van der Waals surface area contributed by atoms with Crippen LogP contribution in [0.5, 0.6) is 0 Å². The first-order valence-corrected chi connectivity index (χ1v) is 12.4. The number of benzene rings is 3. The van der Waals surface area contributed by atoms with Gasteiger partial charge in [-0.05, 0) is 42.5 Å². The molecular weight excluding hydrogens is 524 g/mol. The molecule has 3 aromatic rings. The highest BCUT2D eigenvalue weighted by atomic mass is 35.5. The van der Waals surface area contributed by atoms with E-state index in [2.05, 4.69) is 5.32 Å². The highest BCUT2D eigenvalue weighted by Gasteiger charge is 2.50. The SMILES string of the molecule is N=C(Cl)/C=C\N[C@@H]1O[C@H](COC(=O)c2ccccc2)C(OC(=O)c2ccccc2)C1OC(=O)c1ccccc1. The number of rotatable bonds is 10. The maximum Gasteiger partial charge on any atom is 0.338 e. The molecule has 1 saturated heterocycles. The van der Waals surface area contributed by atoms with Gasteiger partial charge in [-0.25, -0.2) is 14.4 Å². The number of allylic oxidation sites excluding steroid dienone is 1. The fraction of sp³-hybridized carbons (Fsp3) is 0.172. The number of nitrogens with one attached hydrogen (secondary N) is 2. The normalized spacial score (nSPS) is 20.2. The van der Waals surface area contributed by atoms with E-state index in [0.717, 1.165) is 0 Å². The number of carbonyl (C=O) groups excluding carboxylic acids is 3. The van der Waals surface area contributed by atoms with Gasteiger partial charge >= 0.3 is 17.9 Å². The molecule has 0 aromatic heterocycles. The van der Waals surface area contributed by atoms with E-state index < -0.39 is 42.4 Å². The van der Waals surface area contributed by atoms with E-state index in [9.17, 15) is 14.4 Å². The predicted molar refractivity (Wildman–Crippen MR) is 143 cm³/mol. The van der Waals surface area contributed by atoms with Crippen LogP contribution in [0.2, 0.25) is 0 Å². The van der Waals surface area contributed by atoms with Gasteiger partial charge in [-0.2, -0.15) is 0 Å². The molecule has 0 radical (unpaired) electrons. The van der Waals surface area contributed by atoms with Crippen LogP contribution in [0.25, 0.3) is 0 Å². The van der Waals surface area contributed by atoms with Gasteiger partial charge < -0.3 is 24.3 Å². The van der Waals surface area contributed by atoms with E-state index in [-0.39, 0.29) is 22.9 Å². The number of ether oxygens (including phenoxy) is 4. The van der Waals surface area contributed by atoms with Crippen molar-refractivity contribution in [3.8, 4) is 0 Å². The van der Waals surface area contributed by atoms with Crippen molar-refractivity contribution in [1.82, 2.24) is 5.32 Å². The Hall–Kier alpha value is -4.47. The molecule has 0 amide bonds. The number of hydrogen-bond donors (Lipinski definition) is 2. The Morgan fingerprint density at radius 1 is 0.769 bits per heavy atom. The van der Waals surface area contributed by atoms with Crippen LogP contribution in [0, 0.1) is 5.41 Å². The van der Waals surface area contributed by atoms with Crippen LogP contribution in [0.3, 0.4) is 0 Å². The Kier molecular flexibility index (Phi) is 9.44. The maximum absolute atomic E-state index is 13.0. The number of hydrogen-bond acceptors (Lipinski definition) is 9. The molecule has 3 aromatic carbocycles. The predicted octanol–water partition coefficient (Wildman–Crippen LogP) is 4.34. The van der Waals surface area contributed by atoms with Gasteiger partial charge in [0.2, 0.25) is 0 Å². The molecule has 39 heavy (non-hydrogen) atoms. The number of halogens is 1. The van der Waals surface area contributed by atoms with E-state index in [1.54, 1.807) is 91.0 Å². The lowest BCUT2D eigenvalue weighted by atomic mass is 10.1. The zero-order chi connectivity index (χ0) is 27.6. The van der Waals surface area contributed by atoms with Crippen molar-refractivity contribution >= 4 is 34.7 Å². The average molecular weight is 549 g/mol. The standard InChI is InChI=1S/C29H25ClN2O7/c30-23(31)16-17-32-26-25(39-29(35)21-14-8-3-9-15-21)24(38-28(34)20-12-6-2-7-13-20)22(37-26)18-36-27(33)19-10-4-1-5-11-19/h1-17,22,24-26,31-32H,18H2/b17-16-,31-23?/t22-,24?,25?,26-/m1/s1. The minimum absolute atomic E-state index is 0.251. The van der Waals surface area contributed by atoms with E-state index in [0.29, 0.717) is 5.56 Å². The van der Waals surface area contributed by atoms with Crippen LogP contribution >= 0.6 is 11.6 Å². The molecular formula is C29H25ClN2O7. The molecule has 0 spiro atoms. The molecule has 4 atom stereocenters. The lowest BCUT2D eigenvalue weighted by Gasteiger charge is -2.24. The Labute approximate surface area is 229 Å². The largest absolute Gasteiger partial charge is 0.459 e. The summed E-state index contributed by atoms with van der Waals surface area (Å²) in [7, 11) is 0. The van der Waals surface area contributed by atoms with Gasteiger partial charge in [0.25, 0.3) is 0 Å². The van der Waals surface area contributed by atoms with Crippen molar-refractivity contribution in [2.24, 2.45) is 0 Å². The molecule has 2 unspecified atom stereocenters. The van der Waals surface area contributed by atoms with Gasteiger partial charge in [0.1, 0.15) is 17.9 Å². The summed E-state index contributed by atoms with van der Waals surface area (Å²) in [5, 5.41) is 10.0. The fourth-order valence-corrected chi connectivity index (χ4v) is 3.89. The van der Waals surface area contributed by atoms with Crippen LogP contribution in [-0.2, 0) is 18.9 Å². The topological polar surface area (TPSA) is 124 Å². The van der Waals surface area contributed by atoms with E-state index in [4.69, 9.17) is 36.0 Å². The Morgan fingerprint density at radius 3 is 1.72 bits per heavy atom. The van der Waals surface area contributed by atoms with Crippen LogP contribution in [-0.4, -0.2) is 54.2 Å². The average Bonchev–Trinajstić information content (AvgIpc) is 3.28. The molecule has 200 valence electrons. The molecule has 1 aliphatic heterocycles. The first kappa shape index (κ1) is 27.6. The van der Waals surface area contributed by atoms with Crippen molar-refractivity contribution in [1.29, 1.82) is 5.41 Å². The van der Waals surface area contributed by atoms with Gasteiger partial charge in [0.05, 0.1) is 16.7 Å². The van der Waals surface area contributed by atoms with Gasteiger partial charge in [0.15, 0.2) is 18.4 Å². The lowest BCUT2D eigenvalue weighted by Crippen LogP contribution is -2.44. The third-order valence-electron chi connectivity index (χ3n) is 5.69. The first-order valence-electron chi connectivity index (χ1n) is 12.0. The van der Waals surface area contributed by atoms with Crippen molar-refractivity contribution in [2.45, 2.75) is 24.5 Å². The lowest BCUT2D eigenvalue weighted by molar-refractivity contribution is -0.0461. The monoisotopic (exact) mass is 548 g/mol. The van der Waals surface area contributed by atoms with Crippen molar-refractivity contribution in [2.75, 3.05) is 6.61 Å². The molecule has 0 bridgehead atoms. The summed E-state index contributed by atoms with van der Waals surface area (Å²) < 4.78 is 23.0. The van der Waals surface area contributed by atoms with Crippen LogP contribution in [0.15, 0.2) is 103 Å². The fourth-order valence-electron chi connectivity index (χ4n) is 3.83. The third-order valence-corrected chi connectivity index (χ3v) is 5.82. The van der Waals surface area contributed by atoms with Crippen molar-refractivity contribution in [3.63, 3.8) is 0 Å². The second-order valence-electron chi connectivity index (χ2n) is 8.38. The van der Waals surface area contributed by atoms with Gasteiger partial charge in [-0.3, -0.25) is 5.41 Å². The van der Waals surface area contributed by atoms with E-state index >= 15 is 0 Å². The molecule has 1 fully saturated rings. The Balaban J connectivity index is 1.60. The molecule has 9 nitrogen and oxygen atoms in total. The highest BCUT2D eigenvalue weighted by molar-refractivity contribution is 6.67. The Bertz CT molecular complexity index is 1320. The summed E-state index contributed by atoms with van der Waals surface area (Å²) >= 11 is 5.60. The summed E-state index contributed by atoms with van der Waals surface area (Å²) in [6.45, 7) is -0.299. The summed E-state index contributed by atoms with van der Waals surface area (Å²) in [6, 6.07) is 25.0. The zero-order valence-electron chi connectivity index (χ0n) is 20.6. The molecule has 10 heteroatoms. The quantitative estimate of drug-likeness (QED) is 0.218. The smallest absolute Gasteiger partial charge is 0.338 e. The summed E-state index contributed by atoms with van der Waals surface area (Å²) in [5.74, 6) is -1.95. The third kappa shape index (κ3) is 7.53. The summed E-state index contributed by atoms with van der Waals surface area (Å²) in [6.07, 6.45) is -1.73. The summed E-state index contributed by atoms with van der Waals surface area (Å²) in [5.41, 5.74) is 0.887. The van der Waals surface area contributed by atoms with E-state index in [1.165, 1.54) is 12.3 Å². The highest BCUT2D eigenvalue weighted by Crippen LogP contribution is 2.28. The Morgan fingerprint density at radius 2 is 1.23 bits per heavy atom. The first-order chi connectivity index (χ1) is 18.9. The maximum atomic E-state index is 13.0. The number of carbonyl (C=O) groups is 3. The number of esters is 3. The molecule has 1 aliphatic rings. The van der Waals surface area contributed by atoms with Crippen LogP contribution in [0.1, 0.15) is 31.1 Å². The van der Waals surface area contributed by atoms with E-state index in [1.807, 2.05) is 0 Å². The minimum atomic E-state index is -1.16. The molecule has 1 heterocycles. The van der Waals surface area contributed by atoms with Crippen molar-refractivity contribution < 1.29 is 33.3 Å². The van der Waals surface area contributed by atoms with Crippen LogP contribution in [0.4, 0.5) is 0 Å². The molecule has 4 rings (SSSR count). The van der Waals surface area contributed by atoms with Gasteiger partial charge in [-0.15, -0.1) is 0 Å². The minimum Gasteiger partial charge on any atom is -0.459 e.